The van der Waals surface area contributed by atoms with Crippen molar-refractivity contribution in [3.8, 4) is 5.75 Å². The van der Waals surface area contributed by atoms with Gasteiger partial charge < -0.3 is 20.0 Å². The van der Waals surface area contributed by atoms with Gasteiger partial charge in [0.1, 0.15) is 17.5 Å². The van der Waals surface area contributed by atoms with Crippen molar-refractivity contribution >= 4 is 11.6 Å². The Hall–Kier alpha value is -2.08. The second-order valence-electron chi connectivity index (χ2n) is 6.50. The Morgan fingerprint density at radius 3 is 2.71 bits per heavy atom. The van der Waals surface area contributed by atoms with Crippen LogP contribution in [-0.4, -0.2) is 42.1 Å². The number of hydrogen-bond donors (Lipinski definition) is 2. The van der Waals surface area contributed by atoms with Gasteiger partial charge in [-0.25, -0.2) is 0 Å². The maximum absolute atomic E-state index is 12.2. The molecule has 1 aromatic rings. The van der Waals surface area contributed by atoms with Crippen LogP contribution in [0.25, 0.3) is 0 Å². The highest BCUT2D eigenvalue weighted by Gasteiger charge is 2.37. The van der Waals surface area contributed by atoms with Gasteiger partial charge in [-0.3, -0.25) is 4.79 Å². The maximum atomic E-state index is 12.2. The summed E-state index contributed by atoms with van der Waals surface area (Å²) in [7, 11) is 1.63. The first-order valence-corrected chi connectivity index (χ1v) is 8.48. The van der Waals surface area contributed by atoms with E-state index in [1.54, 1.807) is 7.11 Å². The van der Waals surface area contributed by atoms with Crippen LogP contribution in [0.5, 0.6) is 5.75 Å². The summed E-state index contributed by atoms with van der Waals surface area (Å²) in [5.74, 6) is 0.506. The Morgan fingerprint density at radius 1 is 1.33 bits per heavy atom. The first-order chi connectivity index (χ1) is 11.6. The molecule has 1 aliphatic heterocycles. The van der Waals surface area contributed by atoms with Gasteiger partial charge in [-0.15, -0.1) is 0 Å². The van der Waals surface area contributed by atoms with E-state index in [9.17, 15) is 9.90 Å². The minimum absolute atomic E-state index is 0.196. The summed E-state index contributed by atoms with van der Waals surface area (Å²) in [6.07, 6.45) is 4.39. The maximum Gasteiger partial charge on any atom is 0.252 e. The number of benzene rings is 1. The highest BCUT2D eigenvalue weighted by Crippen LogP contribution is 2.28. The molecule has 1 aliphatic carbocycles. The molecule has 0 radical (unpaired) electrons. The van der Waals surface area contributed by atoms with Crippen LogP contribution < -0.4 is 10.1 Å². The van der Waals surface area contributed by atoms with E-state index in [-0.39, 0.29) is 12.0 Å². The number of rotatable bonds is 5. The average Bonchev–Trinajstić information content (AvgIpc) is 3.09. The predicted molar refractivity (Wildman–Crippen MR) is 90.1 cm³/mol. The van der Waals surface area contributed by atoms with E-state index in [0.717, 1.165) is 36.3 Å². The number of amides is 1. The summed E-state index contributed by atoms with van der Waals surface area (Å²) in [6, 6.07) is 7.64. The zero-order valence-electron chi connectivity index (χ0n) is 14.0. The summed E-state index contributed by atoms with van der Waals surface area (Å²) in [6.45, 7) is 0.351. The zero-order chi connectivity index (χ0) is 17.0. The molecule has 1 heterocycles. The lowest BCUT2D eigenvalue weighted by atomic mass is 9.84. The van der Waals surface area contributed by atoms with E-state index >= 15 is 0 Å². The number of nitrogens with zero attached hydrogens (tertiary/aromatic N) is 1. The molecule has 2 N–H and O–H groups in total. The Labute approximate surface area is 141 Å². The Bertz CT molecular complexity index is 606. The molecule has 2 aliphatic rings. The average molecular weight is 332 g/mol. The van der Waals surface area contributed by atoms with Crippen molar-refractivity contribution in [3.63, 3.8) is 0 Å². The number of carbonyl (C=O) groups excluding carboxylic acids is 1. The van der Waals surface area contributed by atoms with Crippen molar-refractivity contribution in [2.45, 2.75) is 50.2 Å². The fourth-order valence-corrected chi connectivity index (χ4v) is 3.23. The van der Waals surface area contributed by atoms with Crippen LogP contribution in [0.4, 0.5) is 0 Å². The van der Waals surface area contributed by atoms with Gasteiger partial charge in [0.05, 0.1) is 19.4 Å². The van der Waals surface area contributed by atoms with Crippen LogP contribution in [0, 0.1) is 0 Å². The molecule has 0 bridgehead atoms. The number of nitrogens with one attached hydrogen (secondary N) is 1. The second kappa shape index (κ2) is 7.21. The standard InChI is InChI=1S/C18H24N2O4/c1-23-14-7-5-13(6-8-14)16-11-15(24-20-16)12-19-17(21)18(22)9-3-2-4-10-18/h5-8,15,22H,2-4,9-12H2,1H3,(H,19,21). The van der Waals surface area contributed by atoms with Gasteiger partial charge in [0.25, 0.3) is 5.91 Å². The van der Waals surface area contributed by atoms with Crippen LogP contribution in [0.1, 0.15) is 44.1 Å². The van der Waals surface area contributed by atoms with Crippen molar-refractivity contribution in [2.24, 2.45) is 5.16 Å². The summed E-state index contributed by atoms with van der Waals surface area (Å²) >= 11 is 0. The molecule has 6 nitrogen and oxygen atoms in total. The zero-order valence-corrected chi connectivity index (χ0v) is 14.0. The number of hydrogen-bond acceptors (Lipinski definition) is 5. The minimum Gasteiger partial charge on any atom is -0.497 e. The Morgan fingerprint density at radius 2 is 2.04 bits per heavy atom. The minimum atomic E-state index is -1.21. The predicted octanol–water partition coefficient (Wildman–Crippen LogP) is 2.00. The third-order valence-electron chi connectivity index (χ3n) is 4.75. The summed E-state index contributed by atoms with van der Waals surface area (Å²) in [4.78, 5) is 17.6. The van der Waals surface area contributed by atoms with Crippen molar-refractivity contribution < 1.29 is 19.5 Å². The van der Waals surface area contributed by atoms with E-state index in [4.69, 9.17) is 9.57 Å². The summed E-state index contributed by atoms with van der Waals surface area (Å²) in [5, 5.41) is 17.3. The molecule has 6 heteroatoms. The fraction of sp³-hybridized carbons (Fsp3) is 0.556. The molecule has 0 saturated heterocycles. The van der Waals surface area contributed by atoms with E-state index in [2.05, 4.69) is 10.5 Å². The molecule has 3 rings (SSSR count). The van der Waals surface area contributed by atoms with Gasteiger partial charge in [-0.1, -0.05) is 24.4 Å². The van der Waals surface area contributed by atoms with Gasteiger partial charge in [0, 0.05) is 6.42 Å². The lowest BCUT2D eigenvalue weighted by molar-refractivity contribution is -0.143. The van der Waals surface area contributed by atoms with Gasteiger partial charge in [0.15, 0.2) is 0 Å². The van der Waals surface area contributed by atoms with Crippen LogP contribution in [0.15, 0.2) is 29.4 Å². The van der Waals surface area contributed by atoms with Crippen molar-refractivity contribution in [2.75, 3.05) is 13.7 Å². The van der Waals surface area contributed by atoms with Gasteiger partial charge in [-0.05, 0) is 42.7 Å². The molecule has 1 fully saturated rings. The van der Waals surface area contributed by atoms with Gasteiger partial charge in [-0.2, -0.15) is 0 Å². The highest BCUT2D eigenvalue weighted by atomic mass is 16.6. The second-order valence-corrected chi connectivity index (χ2v) is 6.50. The summed E-state index contributed by atoms with van der Waals surface area (Å²) < 4.78 is 5.14. The smallest absolute Gasteiger partial charge is 0.252 e. The van der Waals surface area contributed by atoms with Crippen molar-refractivity contribution in [3.05, 3.63) is 29.8 Å². The van der Waals surface area contributed by atoms with E-state index in [0.29, 0.717) is 25.8 Å². The Kier molecular flexibility index (Phi) is 5.04. The van der Waals surface area contributed by atoms with Crippen LogP contribution in [-0.2, 0) is 9.63 Å². The van der Waals surface area contributed by atoms with Crippen LogP contribution in [0.3, 0.4) is 0 Å². The van der Waals surface area contributed by atoms with E-state index in [1.165, 1.54) is 0 Å². The van der Waals surface area contributed by atoms with Crippen molar-refractivity contribution in [1.29, 1.82) is 0 Å². The first-order valence-electron chi connectivity index (χ1n) is 8.48. The molecule has 130 valence electrons. The molecule has 24 heavy (non-hydrogen) atoms. The largest absolute Gasteiger partial charge is 0.497 e. The number of methoxy groups -OCH3 is 1. The van der Waals surface area contributed by atoms with E-state index in [1.807, 2.05) is 24.3 Å². The lowest BCUT2D eigenvalue weighted by Gasteiger charge is -2.30. The van der Waals surface area contributed by atoms with Crippen LogP contribution >= 0.6 is 0 Å². The van der Waals surface area contributed by atoms with Gasteiger partial charge in [0.2, 0.25) is 0 Å². The number of oxime groups is 1. The van der Waals surface area contributed by atoms with Gasteiger partial charge >= 0.3 is 0 Å². The molecule has 1 saturated carbocycles. The molecule has 0 aromatic heterocycles. The summed E-state index contributed by atoms with van der Waals surface area (Å²) in [5.41, 5.74) is 0.625. The molecule has 0 spiro atoms. The van der Waals surface area contributed by atoms with Crippen LogP contribution in [0.2, 0.25) is 0 Å². The SMILES string of the molecule is COc1ccc(C2=NOC(CNC(=O)C3(O)CCCCC3)C2)cc1. The Balaban J connectivity index is 1.49. The third-order valence-corrected chi connectivity index (χ3v) is 4.75. The number of carbonyl (C=O) groups is 1. The number of ether oxygens (including phenoxy) is 1. The molecular formula is C18H24N2O4. The highest BCUT2D eigenvalue weighted by molar-refractivity contribution is 6.01. The quantitative estimate of drug-likeness (QED) is 0.864. The lowest BCUT2D eigenvalue weighted by Crippen LogP contribution is -2.49. The number of aliphatic hydroxyl groups is 1. The first kappa shape index (κ1) is 16.8. The van der Waals surface area contributed by atoms with E-state index < -0.39 is 5.60 Å². The molecule has 1 amide bonds. The molecule has 1 atom stereocenters. The molecule has 1 unspecified atom stereocenters. The van der Waals surface area contributed by atoms with Crippen molar-refractivity contribution in [1.82, 2.24) is 5.32 Å². The normalized spacial score (nSPS) is 22.4. The molecular weight excluding hydrogens is 308 g/mol. The fourth-order valence-electron chi connectivity index (χ4n) is 3.23. The monoisotopic (exact) mass is 332 g/mol. The molecule has 1 aromatic carbocycles. The topological polar surface area (TPSA) is 80.2 Å². The third kappa shape index (κ3) is 3.70.